The van der Waals surface area contributed by atoms with Gasteiger partial charge in [0.15, 0.2) is 0 Å². The highest BCUT2D eigenvalue weighted by atomic mass is 32.2. The highest BCUT2D eigenvalue weighted by molar-refractivity contribution is 7.89. The summed E-state index contributed by atoms with van der Waals surface area (Å²) in [5.41, 5.74) is 2.29. The fraction of sp³-hybridized carbons (Fsp3) is 0.600. The lowest BCUT2D eigenvalue weighted by molar-refractivity contribution is 0.280. The number of benzene rings is 1. The zero-order valence-electron chi connectivity index (χ0n) is 12.1. The van der Waals surface area contributed by atoms with E-state index in [2.05, 4.69) is 4.72 Å². The molecule has 0 aliphatic heterocycles. The summed E-state index contributed by atoms with van der Waals surface area (Å²) < 4.78 is 27.3. The third kappa shape index (κ3) is 3.81. The van der Waals surface area contributed by atoms with Crippen molar-refractivity contribution in [1.82, 2.24) is 4.72 Å². The van der Waals surface area contributed by atoms with Crippen molar-refractivity contribution in [3.8, 4) is 0 Å². The van der Waals surface area contributed by atoms with Gasteiger partial charge in [-0.15, -0.1) is 0 Å². The van der Waals surface area contributed by atoms with E-state index >= 15 is 0 Å². The van der Waals surface area contributed by atoms with Gasteiger partial charge in [0.25, 0.3) is 0 Å². The van der Waals surface area contributed by atoms with Crippen LogP contribution in [-0.2, 0) is 16.6 Å². The SMILES string of the molecule is Cc1cc(C)c(S(=O)(=O)NCCCC2CC2)cc1CO. The molecule has 1 saturated carbocycles. The Kier molecular flexibility index (Phi) is 4.83. The number of aryl methyl sites for hydroxylation is 2. The fourth-order valence-corrected chi connectivity index (χ4v) is 3.76. The van der Waals surface area contributed by atoms with E-state index in [-0.39, 0.29) is 11.5 Å². The largest absolute Gasteiger partial charge is 0.392 e. The molecule has 0 unspecified atom stereocenters. The summed E-state index contributed by atoms with van der Waals surface area (Å²) in [5.74, 6) is 0.821. The molecule has 112 valence electrons. The van der Waals surface area contributed by atoms with E-state index in [9.17, 15) is 13.5 Å². The molecule has 2 rings (SSSR count). The lowest BCUT2D eigenvalue weighted by Gasteiger charge is -2.12. The van der Waals surface area contributed by atoms with Gasteiger partial charge < -0.3 is 5.11 Å². The second-order valence-electron chi connectivity index (χ2n) is 5.69. The van der Waals surface area contributed by atoms with E-state index < -0.39 is 10.0 Å². The second kappa shape index (κ2) is 6.24. The molecular weight excluding hydrogens is 274 g/mol. The van der Waals surface area contributed by atoms with Crippen LogP contribution in [0.1, 0.15) is 42.4 Å². The average Bonchev–Trinajstić information content (AvgIpc) is 3.18. The lowest BCUT2D eigenvalue weighted by atomic mass is 10.1. The molecular formula is C15H23NO3S. The van der Waals surface area contributed by atoms with Crippen LogP contribution in [0.4, 0.5) is 0 Å². The monoisotopic (exact) mass is 297 g/mol. The Bertz CT molecular complexity index is 577. The van der Waals surface area contributed by atoms with E-state index in [0.29, 0.717) is 12.1 Å². The number of nitrogens with one attached hydrogen (secondary N) is 1. The van der Waals surface area contributed by atoms with Crippen LogP contribution in [0.3, 0.4) is 0 Å². The molecule has 0 spiro atoms. The van der Waals surface area contributed by atoms with E-state index in [0.717, 1.165) is 29.9 Å². The Morgan fingerprint density at radius 3 is 2.55 bits per heavy atom. The highest BCUT2D eigenvalue weighted by Gasteiger charge is 2.21. The molecule has 0 bridgehead atoms. The van der Waals surface area contributed by atoms with Crippen molar-refractivity contribution in [2.75, 3.05) is 6.54 Å². The van der Waals surface area contributed by atoms with Crippen LogP contribution in [0.25, 0.3) is 0 Å². The minimum absolute atomic E-state index is 0.143. The number of rotatable bonds is 7. The van der Waals surface area contributed by atoms with Crippen molar-refractivity contribution in [1.29, 1.82) is 0 Å². The molecule has 0 heterocycles. The third-order valence-electron chi connectivity index (χ3n) is 3.87. The smallest absolute Gasteiger partial charge is 0.240 e. The zero-order chi connectivity index (χ0) is 14.8. The number of aliphatic hydroxyl groups excluding tert-OH is 1. The van der Waals surface area contributed by atoms with Crippen LogP contribution in [0.15, 0.2) is 17.0 Å². The van der Waals surface area contributed by atoms with E-state index in [4.69, 9.17) is 0 Å². The normalized spacial score (nSPS) is 15.6. The summed E-state index contributed by atoms with van der Waals surface area (Å²) in [6.45, 7) is 4.00. The van der Waals surface area contributed by atoms with Gasteiger partial charge in [0.05, 0.1) is 11.5 Å². The van der Waals surface area contributed by atoms with Crippen molar-refractivity contribution >= 4 is 10.0 Å². The summed E-state index contributed by atoms with van der Waals surface area (Å²) >= 11 is 0. The molecule has 2 N–H and O–H groups in total. The quantitative estimate of drug-likeness (QED) is 0.759. The minimum atomic E-state index is -3.48. The van der Waals surface area contributed by atoms with Crippen LogP contribution in [0.2, 0.25) is 0 Å². The van der Waals surface area contributed by atoms with Crippen LogP contribution < -0.4 is 4.72 Å². The molecule has 1 aromatic rings. The maximum absolute atomic E-state index is 12.3. The maximum Gasteiger partial charge on any atom is 0.240 e. The fourth-order valence-electron chi connectivity index (χ4n) is 2.42. The Balaban J connectivity index is 2.07. The van der Waals surface area contributed by atoms with Gasteiger partial charge in [-0.1, -0.05) is 18.9 Å². The van der Waals surface area contributed by atoms with Crippen molar-refractivity contribution in [3.05, 3.63) is 28.8 Å². The van der Waals surface area contributed by atoms with Gasteiger partial charge in [-0.05, 0) is 55.4 Å². The molecule has 0 atom stereocenters. The Labute approximate surface area is 121 Å². The van der Waals surface area contributed by atoms with Gasteiger partial charge in [0.2, 0.25) is 10.0 Å². The van der Waals surface area contributed by atoms with Crippen LogP contribution in [-0.4, -0.2) is 20.1 Å². The van der Waals surface area contributed by atoms with Gasteiger partial charge in [0, 0.05) is 6.54 Å². The second-order valence-corrected chi connectivity index (χ2v) is 7.42. The third-order valence-corrected chi connectivity index (χ3v) is 5.47. The van der Waals surface area contributed by atoms with Gasteiger partial charge in [-0.25, -0.2) is 13.1 Å². The van der Waals surface area contributed by atoms with Crippen LogP contribution in [0.5, 0.6) is 0 Å². The first-order chi connectivity index (χ1) is 9.44. The molecule has 0 saturated heterocycles. The summed E-state index contributed by atoms with van der Waals surface area (Å²) in [4.78, 5) is 0.276. The highest BCUT2D eigenvalue weighted by Crippen LogP contribution is 2.33. The number of hydrogen-bond acceptors (Lipinski definition) is 3. The predicted octanol–water partition coefficient (Wildman–Crippen LogP) is 2.26. The molecule has 1 aromatic carbocycles. The maximum atomic E-state index is 12.3. The first kappa shape index (κ1) is 15.5. The molecule has 20 heavy (non-hydrogen) atoms. The van der Waals surface area contributed by atoms with Crippen molar-refractivity contribution in [3.63, 3.8) is 0 Å². The zero-order valence-corrected chi connectivity index (χ0v) is 13.0. The summed E-state index contributed by atoms with van der Waals surface area (Å²) in [5, 5.41) is 9.27. The minimum Gasteiger partial charge on any atom is -0.392 e. The first-order valence-electron chi connectivity index (χ1n) is 7.14. The van der Waals surface area contributed by atoms with Crippen molar-refractivity contribution < 1.29 is 13.5 Å². The van der Waals surface area contributed by atoms with Crippen molar-refractivity contribution in [2.45, 2.75) is 51.0 Å². The standard InChI is InChI=1S/C15H23NO3S/c1-11-8-12(2)15(9-14(11)10-17)20(18,19)16-7-3-4-13-5-6-13/h8-9,13,16-17H,3-7,10H2,1-2H3. The number of sulfonamides is 1. The molecule has 0 aromatic heterocycles. The molecule has 0 radical (unpaired) electrons. The van der Waals surface area contributed by atoms with Crippen LogP contribution in [0, 0.1) is 19.8 Å². The molecule has 5 heteroatoms. The van der Waals surface area contributed by atoms with Gasteiger partial charge in [0.1, 0.15) is 0 Å². The van der Waals surface area contributed by atoms with E-state index in [1.54, 1.807) is 13.0 Å². The molecule has 1 aliphatic carbocycles. The van der Waals surface area contributed by atoms with E-state index in [1.165, 1.54) is 12.8 Å². The summed E-state index contributed by atoms with van der Waals surface area (Å²) in [6.07, 6.45) is 4.59. The molecule has 0 amide bonds. The van der Waals surface area contributed by atoms with Crippen LogP contribution >= 0.6 is 0 Å². The number of aliphatic hydroxyl groups is 1. The van der Waals surface area contributed by atoms with E-state index in [1.807, 2.05) is 13.0 Å². The predicted molar refractivity (Wildman–Crippen MR) is 79.0 cm³/mol. The van der Waals surface area contributed by atoms with Gasteiger partial charge >= 0.3 is 0 Å². The molecule has 4 nitrogen and oxygen atoms in total. The lowest BCUT2D eigenvalue weighted by Crippen LogP contribution is -2.25. The summed E-state index contributed by atoms with van der Waals surface area (Å²) in [7, 11) is -3.48. The first-order valence-corrected chi connectivity index (χ1v) is 8.63. The average molecular weight is 297 g/mol. The Hall–Kier alpha value is -0.910. The van der Waals surface area contributed by atoms with Gasteiger partial charge in [-0.3, -0.25) is 0 Å². The van der Waals surface area contributed by atoms with Gasteiger partial charge in [-0.2, -0.15) is 0 Å². The summed E-state index contributed by atoms with van der Waals surface area (Å²) in [6, 6.07) is 3.39. The van der Waals surface area contributed by atoms with Crippen molar-refractivity contribution in [2.24, 2.45) is 5.92 Å². The Morgan fingerprint density at radius 2 is 1.95 bits per heavy atom. The molecule has 1 aliphatic rings. The topological polar surface area (TPSA) is 66.4 Å². The number of hydrogen-bond donors (Lipinski definition) is 2. The molecule has 1 fully saturated rings. The Morgan fingerprint density at radius 1 is 1.25 bits per heavy atom.